The predicted molar refractivity (Wildman–Crippen MR) is 102 cm³/mol. The van der Waals surface area contributed by atoms with E-state index in [2.05, 4.69) is 8.05 Å². The number of pyridine rings is 1. The molecule has 0 aliphatic carbocycles. The molecule has 0 atom stereocenters. The van der Waals surface area contributed by atoms with E-state index in [1.165, 1.54) is 29.1 Å². The Bertz CT molecular complexity index is 885. The Labute approximate surface area is 158 Å². The predicted octanol–water partition coefficient (Wildman–Crippen LogP) is 3.16. The van der Waals surface area contributed by atoms with E-state index in [0.29, 0.717) is 22.6 Å². The second-order valence-electron chi connectivity index (χ2n) is 5.35. The summed E-state index contributed by atoms with van der Waals surface area (Å²) in [4.78, 5) is 38.0. The molecule has 25 heavy (non-hydrogen) atoms. The summed E-state index contributed by atoms with van der Waals surface area (Å²) < 4.78 is 9.76. The van der Waals surface area contributed by atoms with Gasteiger partial charge in [-0.05, 0) is 49.2 Å². The summed E-state index contributed by atoms with van der Waals surface area (Å²) in [6, 6.07) is 8.63. The zero-order valence-corrected chi connectivity index (χ0v) is 15.8. The summed E-state index contributed by atoms with van der Waals surface area (Å²) in [5.74, 6) is -0.398. The van der Waals surface area contributed by atoms with E-state index < -0.39 is 11.5 Å². The maximum Gasteiger partial charge on any atom is 0.353 e. The first kappa shape index (κ1) is 18.9. The second kappa shape index (κ2) is 8.61. The van der Waals surface area contributed by atoms with Gasteiger partial charge in [0.1, 0.15) is 5.75 Å². The molecule has 1 aromatic carbocycles. The van der Waals surface area contributed by atoms with Crippen molar-refractivity contribution >= 4 is 40.8 Å². The molecule has 0 radical (unpaired) electrons. The van der Waals surface area contributed by atoms with Crippen molar-refractivity contribution in [2.75, 3.05) is 6.61 Å². The molecule has 2 aromatic rings. The number of aromatic amines is 1. The number of carbonyl (C=O) groups is 2. The number of ketones is 1. The first-order valence-electron chi connectivity index (χ1n) is 7.38. The van der Waals surface area contributed by atoms with E-state index in [0.717, 1.165) is 0 Å². The van der Waals surface area contributed by atoms with E-state index in [4.69, 9.17) is 4.74 Å². The molecule has 0 fully saturated rings. The van der Waals surface area contributed by atoms with Crippen molar-refractivity contribution in [3.63, 3.8) is 0 Å². The van der Waals surface area contributed by atoms with Crippen LogP contribution in [0.15, 0.2) is 41.2 Å². The maximum atomic E-state index is 12.3. The third-order valence-corrected chi connectivity index (χ3v) is 3.83. The fraction of sp³-hybridized carbons (Fsp3) is 0.167. The van der Waals surface area contributed by atoms with Gasteiger partial charge >= 0.3 is 5.97 Å². The average Bonchev–Trinajstić information content (AvgIpc) is 2.57. The molecule has 130 valence electrons. The molecule has 1 aromatic heterocycles. The number of hydrogen-bond donors (Lipinski definition) is 1. The van der Waals surface area contributed by atoms with Gasteiger partial charge in [0.05, 0.1) is 5.56 Å². The lowest BCUT2D eigenvalue weighted by Gasteiger charge is -2.05. The van der Waals surface area contributed by atoms with Gasteiger partial charge in [-0.1, -0.05) is 18.2 Å². The van der Waals surface area contributed by atoms with Gasteiger partial charge in [0.25, 0.3) is 5.56 Å². The Kier molecular flexibility index (Phi) is 6.51. The fourth-order valence-electron chi connectivity index (χ4n) is 2.29. The average molecular weight is 453 g/mol. The van der Waals surface area contributed by atoms with Crippen LogP contribution in [0.25, 0.3) is 6.08 Å². The first-order valence-corrected chi connectivity index (χ1v) is 8.26. The van der Waals surface area contributed by atoms with Crippen LogP contribution in [0, 0.1) is 13.8 Å². The van der Waals surface area contributed by atoms with Crippen molar-refractivity contribution in [1.82, 2.24) is 4.98 Å². The molecule has 7 heteroatoms. The fourth-order valence-corrected chi connectivity index (χ4v) is 2.41. The van der Waals surface area contributed by atoms with E-state index in [-0.39, 0.29) is 18.0 Å². The summed E-state index contributed by atoms with van der Waals surface area (Å²) in [7, 11) is 0. The number of ether oxygens (including phenoxy) is 1. The third-order valence-electron chi connectivity index (χ3n) is 3.34. The van der Waals surface area contributed by atoms with Crippen LogP contribution in [0.2, 0.25) is 0 Å². The molecule has 6 nitrogen and oxygen atoms in total. The lowest BCUT2D eigenvalue weighted by atomic mass is 10.0. The van der Waals surface area contributed by atoms with Gasteiger partial charge < -0.3 is 12.8 Å². The molecule has 1 heterocycles. The Balaban J connectivity index is 2.15. The number of benzene rings is 1. The molecule has 0 aliphatic heterocycles. The summed E-state index contributed by atoms with van der Waals surface area (Å²) >= 11 is 1.49. The summed E-state index contributed by atoms with van der Waals surface area (Å²) in [5.41, 5.74) is 1.76. The topological polar surface area (TPSA) is 85.5 Å². The van der Waals surface area contributed by atoms with E-state index in [1.807, 2.05) is 0 Å². The molecule has 0 amide bonds. The zero-order valence-electron chi connectivity index (χ0n) is 13.7. The highest BCUT2D eigenvalue weighted by atomic mass is 127. The van der Waals surface area contributed by atoms with Crippen LogP contribution in [0.5, 0.6) is 5.75 Å². The summed E-state index contributed by atoms with van der Waals surface area (Å²) in [5, 5.41) is 0. The number of H-pyrrole nitrogens is 1. The highest BCUT2D eigenvalue weighted by Crippen LogP contribution is 2.15. The molecule has 2 rings (SSSR count). The van der Waals surface area contributed by atoms with Gasteiger partial charge in [0.15, 0.2) is 35.4 Å². The number of rotatable bonds is 6. The van der Waals surface area contributed by atoms with Crippen LogP contribution in [-0.4, -0.2) is 23.3 Å². The molecule has 0 saturated carbocycles. The van der Waals surface area contributed by atoms with Gasteiger partial charge in [-0.15, -0.1) is 0 Å². The Morgan fingerprint density at radius 2 is 2.00 bits per heavy atom. The Morgan fingerprint density at radius 3 is 2.68 bits per heavy atom. The van der Waals surface area contributed by atoms with Crippen molar-refractivity contribution < 1.29 is 17.4 Å². The van der Waals surface area contributed by atoms with Crippen LogP contribution < -0.4 is 10.3 Å². The lowest BCUT2D eigenvalue weighted by molar-refractivity contribution is -0.133. The van der Waals surface area contributed by atoms with Crippen molar-refractivity contribution in [2.45, 2.75) is 13.8 Å². The first-order chi connectivity index (χ1) is 11.9. The van der Waals surface area contributed by atoms with Gasteiger partial charge in [0.2, 0.25) is 0 Å². The molecule has 0 aliphatic rings. The van der Waals surface area contributed by atoms with Crippen LogP contribution in [0.4, 0.5) is 0 Å². The van der Waals surface area contributed by atoms with Crippen molar-refractivity contribution in [3.05, 3.63) is 69.1 Å². The molecule has 1 N–H and O–H groups in total. The largest absolute Gasteiger partial charge is 0.482 e. The van der Waals surface area contributed by atoms with Gasteiger partial charge in [0, 0.05) is 5.69 Å². The molecular formula is C18H16INO5. The number of aromatic nitrogens is 1. The number of carbonyl (C=O) groups excluding carboxylic acids is 2. The van der Waals surface area contributed by atoms with Gasteiger partial charge in [-0.25, -0.2) is 4.79 Å². The Morgan fingerprint density at radius 1 is 1.24 bits per heavy atom. The normalized spacial score (nSPS) is 10.7. The van der Waals surface area contributed by atoms with Crippen LogP contribution in [0.1, 0.15) is 27.2 Å². The van der Waals surface area contributed by atoms with E-state index >= 15 is 0 Å². The quantitative estimate of drug-likeness (QED) is 0.413. The number of aryl methyl sites for hydroxylation is 2. The van der Waals surface area contributed by atoms with Crippen LogP contribution in [-0.2, 0) is 7.86 Å². The third kappa shape index (κ3) is 5.28. The maximum absolute atomic E-state index is 12.3. The SMILES string of the molecule is Cc1cc(C)c(C(=O)/C=C/c2cccc(OCC(=O)OI)c2)c(=O)[nH]1. The highest BCUT2D eigenvalue weighted by molar-refractivity contribution is 14.1. The van der Waals surface area contributed by atoms with Crippen molar-refractivity contribution in [3.8, 4) is 5.75 Å². The number of nitrogens with one attached hydrogen (secondary N) is 1. The molecule has 0 unspecified atom stereocenters. The molecule has 0 bridgehead atoms. The standard InChI is InChI=1S/C18H16INO5/c1-11-8-12(2)20-18(23)17(11)15(21)7-6-13-4-3-5-14(9-13)24-10-16(22)25-19/h3-9H,10H2,1-2H3,(H,20,23)/b7-6+. The van der Waals surface area contributed by atoms with Gasteiger partial charge in [-0.3, -0.25) is 9.59 Å². The van der Waals surface area contributed by atoms with Crippen LogP contribution in [0.3, 0.4) is 0 Å². The summed E-state index contributed by atoms with van der Waals surface area (Å²) in [6.07, 6.45) is 2.93. The van der Waals surface area contributed by atoms with Gasteiger partial charge in [-0.2, -0.15) is 0 Å². The zero-order chi connectivity index (χ0) is 18.4. The number of hydrogen-bond acceptors (Lipinski definition) is 5. The molecule has 0 spiro atoms. The monoisotopic (exact) mass is 453 g/mol. The second-order valence-corrected chi connectivity index (χ2v) is 5.79. The minimum Gasteiger partial charge on any atom is -0.482 e. The van der Waals surface area contributed by atoms with Crippen LogP contribution >= 0.6 is 23.0 Å². The van der Waals surface area contributed by atoms with E-state index in [9.17, 15) is 14.4 Å². The number of halogens is 1. The van der Waals surface area contributed by atoms with Crippen molar-refractivity contribution in [1.29, 1.82) is 0 Å². The lowest BCUT2D eigenvalue weighted by Crippen LogP contribution is -2.19. The molecular weight excluding hydrogens is 437 g/mol. The highest BCUT2D eigenvalue weighted by Gasteiger charge is 2.11. The van der Waals surface area contributed by atoms with Crippen molar-refractivity contribution in [2.24, 2.45) is 0 Å². The Hall–Kier alpha value is -2.42. The smallest absolute Gasteiger partial charge is 0.353 e. The minimum atomic E-state index is -0.495. The number of allylic oxidation sites excluding steroid dienone is 1. The van der Waals surface area contributed by atoms with E-state index in [1.54, 1.807) is 50.3 Å². The minimum absolute atomic E-state index is 0.124. The summed E-state index contributed by atoms with van der Waals surface area (Å²) in [6.45, 7) is 3.29. The molecule has 0 saturated heterocycles.